The summed E-state index contributed by atoms with van der Waals surface area (Å²) in [7, 11) is 0. The van der Waals surface area contributed by atoms with Crippen molar-refractivity contribution in [3.05, 3.63) is 30.7 Å². The maximum Gasteiger partial charge on any atom is 0.122 e. The van der Waals surface area contributed by atoms with Gasteiger partial charge >= 0.3 is 0 Å². The van der Waals surface area contributed by atoms with Crippen LogP contribution in [0.4, 0.5) is 0 Å². The van der Waals surface area contributed by atoms with Gasteiger partial charge in [0.05, 0.1) is 0 Å². The van der Waals surface area contributed by atoms with Crippen LogP contribution >= 0.6 is 0 Å². The Labute approximate surface area is 111 Å². The Morgan fingerprint density at radius 3 is 2.50 bits per heavy atom. The van der Waals surface area contributed by atoms with E-state index in [0.29, 0.717) is 5.92 Å². The summed E-state index contributed by atoms with van der Waals surface area (Å²) in [6.07, 6.45) is 4.30. The number of phenolic OH excluding ortho intramolecular Hbond substituents is 2. The van der Waals surface area contributed by atoms with Crippen LogP contribution in [0, 0.1) is 12.8 Å². The molecule has 0 saturated carbocycles. The van der Waals surface area contributed by atoms with E-state index in [4.69, 9.17) is 0 Å². The number of rotatable bonds is 6. The van der Waals surface area contributed by atoms with Crippen LogP contribution in [0.15, 0.2) is 18.2 Å². The lowest BCUT2D eigenvalue weighted by atomic mass is 9.79. The molecule has 0 spiro atoms. The average molecular weight is 249 g/mol. The lowest BCUT2D eigenvalue weighted by Gasteiger charge is -2.26. The molecule has 2 N–H and O–H groups in total. The second kappa shape index (κ2) is 6.12. The van der Waals surface area contributed by atoms with E-state index < -0.39 is 0 Å². The van der Waals surface area contributed by atoms with Crippen molar-refractivity contribution < 1.29 is 10.2 Å². The van der Waals surface area contributed by atoms with E-state index >= 15 is 0 Å². The van der Waals surface area contributed by atoms with Crippen LogP contribution in [0.5, 0.6) is 11.5 Å². The monoisotopic (exact) mass is 249 g/mol. The summed E-state index contributed by atoms with van der Waals surface area (Å²) in [6.45, 7) is 10.4. The molecule has 0 aliphatic rings. The quantitative estimate of drug-likeness (QED) is 0.784. The molecule has 101 valence electrons. The number of phenols is 2. The van der Waals surface area contributed by atoms with Crippen molar-refractivity contribution in [2.24, 2.45) is 5.92 Å². The fourth-order valence-electron chi connectivity index (χ4n) is 2.26. The van der Waals surface area contributed by atoms with Crippen LogP contribution in [-0.2, 0) is 5.41 Å². The third-order valence-electron chi connectivity index (χ3n) is 3.70. The van der Waals surface area contributed by atoms with Crippen LogP contribution in [0.2, 0.25) is 0 Å². The molecular formula is C16H25O2. The van der Waals surface area contributed by atoms with Gasteiger partial charge in [-0.3, -0.25) is 0 Å². The molecule has 2 heteroatoms. The molecule has 0 aromatic heterocycles. The van der Waals surface area contributed by atoms with Crippen molar-refractivity contribution in [3.8, 4) is 11.5 Å². The van der Waals surface area contributed by atoms with Gasteiger partial charge in [0.2, 0.25) is 0 Å². The number of hydrogen-bond donors (Lipinski definition) is 2. The van der Waals surface area contributed by atoms with Crippen LogP contribution in [0.3, 0.4) is 0 Å². The summed E-state index contributed by atoms with van der Waals surface area (Å²) in [4.78, 5) is 0. The van der Waals surface area contributed by atoms with Crippen molar-refractivity contribution >= 4 is 0 Å². The van der Waals surface area contributed by atoms with E-state index in [1.807, 2.05) is 6.07 Å². The molecule has 0 aliphatic carbocycles. The number of aromatic hydroxyl groups is 2. The van der Waals surface area contributed by atoms with Gasteiger partial charge in [0.1, 0.15) is 11.5 Å². The number of hydrogen-bond acceptors (Lipinski definition) is 2. The SMILES string of the molecule is [CH2]CC(C)CCCC(C)(C)c1ccc(O)cc1O. The molecule has 0 fully saturated rings. The normalized spacial score (nSPS) is 13.6. The van der Waals surface area contributed by atoms with Crippen LogP contribution in [-0.4, -0.2) is 10.2 Å². The van der Waals surface area contributed by atoms with Gasteiger partial charge in [0.15, 0.2) is 0 Å². The first-order valence-corrected chi connectivity index (χ1v) is 6.68. The highest BCUT2D eigenvalue weighted by Crippen LogP contribution is 2.37. The van der Waals surface area contributed by atoms with Crippen molar-refractivity contribution in [1.82, 2.24) is 0 Å². The molecule has 0 bridgehead atoms. The molecule has 1 radical (unpaired) electrons. The fraction of sp³-hybridized carbons (Fsp3) is 0.562. The Hall–Kier alpha value is -1.18. The summed E-state index contributed by atoms with van der Waals surface area (Å²) in [5.41, 5.74) is 0.834. The van der Waals surface area contributed by atoms with Gasteiger partial charge in [-0.25, -0.2) is 0 Å². The van der Waals surface area contributed by atoms with E-state index in [0.717, 1.165) is 24.8 Å². The van der Waals surface area contributed by atoms with E-state index in [1.165, 1.54) is 12.5 Å². The molecule has 1 unspecified atom stereocenters. The predicted octanol–water partition coefficient (Wildman–Crippen LogP) is 4.41. The maximum absolute atomic E-state index is 9.91. The molecule has 1 atom stereocenters. The van der Waals surface area contributed by atoms with Crippen LogP contribution in [0.25, 0.3) is 0 Å². The summed E-state index contributed by atoms with van der Waals surface area (Å²) < 4.78 is 0. The average Bonchev–Trinajstić information content (AvgIpc) is 2.27. The highest BCUT2D eigenvalue weighted by atomic mass is 16.3. The van der Waals surface area contributed by atoms with E-state index in [2.05, 4.69) is 27.7 Å². The molecule has 1 aromatic carbocycles. The Morgan fingerprint density at radius 1 is 1.28 bits per heavy atom. The smallest absolute Gasteiger partial charge is 0.122 e. The van der Waals surface area contributed by atoms with Gasteiger partial charge in [0, 0.05) is 6.07 Å². The van der Waals surface area contributed by atoms with E-state index in [9.17, 15) is 10.2 Å². The summed E-state index contributed by atoms with van der Waals surface area (Å²) in [5.74, 6) is 0.956. The van der Waals surface area contributed by atoms with Crippen molar-refractivity contribution in [3.63, 3.8) is 0 Å². The Balaban J connectivity index is 2.67. The zero-order valence-corrected chi connectivity index (χ0v) is 11.7. The maximum atomic E-state index is 9.91. The minimum absolute atomic E-state index is 0.0708. The molecule has 0 saturated heterocycles. The minimum atomic E-state index is -0.0708. The van der Waals surface area contributed by atoms with Gasteiger partial charge in [-0.05, 0) is 29.4 Å². The van der Waals surface area contributed by atoms with Crippen molar-refractivity contribution in [2.45, 2.75) is 51.9 Å². The van der Waals surface area contributed by atoms with Crippen molar-refractivity contribution in [1.29, 1.82) is 0 Å². The molecule has 1 aromatic rings. The first kappa shape index (κ1) is 14.9. The highest BCUT2D eigenvalue weighted by Gasteiger charge is 2.23. The third-order valence-corrected chi connectivity index (χ3v) is 3.70. The Kier molecular flexibility index (Phi) is 5.06. The predicted molar refractivity (Wildman–Crippen MR) is 75.8 cm³/mol. The lowest BCUT2D eigenvalue weighted by molar-refractivity contribution is 0.387. The zero-order chi connectivity index (χ0) is 13.8. The molecule has 2 nitrogen and oxygen atoms in total. The number of benzene rings is 1. The second-order valence-corrected chi connectivity index (χ2v) is 5.87. The van der Waals surface area contributed by atoms with Gasteiger partial charge in [0.25, 0.3) is 0 Å². The Bertz CT molecular complexity index is 383. The van der Waals surface area contributed by atoms with Crippen LogP contribution < -0.4 is 0 Å². The molecule has 0 aliphatic heterocycles. The van der Waals surface area contributed by atoms with Gasteiger partial charge in [-0.15, -0.1) is 0 Å². The second-order valence-electron chi connectivity index (χ2n) is 5.87. The first-order chi connectivity index (χ1) is 8.36. The van der Waals surface area contributed by atoms with E-state index in [-0.39, 0.29) is 16.9 Å². The lowest BCUT2D eigenvalue weighted by Crippen LogP contribution is -2.17. The first-order valence-electron chi connectivity index (χ1n) is 6.68. The van der Waals surface area contributed by atoms with Gasteiger partial charge < -0.3 is 10.2 Å². The molecule has 0 amide bonds. The van der Waals surface area contributed by atoms with E-state index in [1.54, 1.807) is 6.07 Å². The molecule has 0 heterocycles. The zero-order valence-electron chi connectivity index (χ0n) is 11.7. The largest absolute Gasteiger partial charge is 0.508 e. The summed E-state index contributed by atoms with van der Waals surface area (Å²) in [5, 5.41) is 19.2. The fourth-order valence-corrected chi connectivity index (χ4v) is 2.26. The molecular weight excluding hydrogens is 224 g/mol. The van der Waals surface area contributed by atoms with Crippen molar-refractivity contribution in [2.75, 3.05) is 0 Å². The molecule has 18 heavy (non-hydrogen) atoms. The van der Waals surface area contributed by atoms with Gasteiger partial charge in [-0.1, -0.05) is 53.0 Å². The van der Waals surface area contributed by atoms with Crippen LogP contribution in [0.1, 0.15) is 52.0 Å². The summed E-state index contributed by atoms with van der Waals surface area (Å²) >= 11 is 0. The standard InChI is InChI=1S/C16H25O2/c1-5-12(2)7-6-10-16(3,4)14-9-8-13(17)11-15(14)18/h8-9,11-12,17-18H,1,5-7,10H2,2-4H3. The topological polar surface area (TPSA) is 40.5 Å². The summed E-state index contributed by atoms with van der Waals surface area (Å²) in [6, 6.07) is 4.86. The molecule has 1 rings (SSSR count). The van der Waals surface area contributed by atoms with Gasteiger partial charge in [-0.2, -0.15) is 0 Å². The minimum Gasteiger partial charge on any atom is -0.508 e. The third kappa shape index (κ3) is 3.94. The Morgan fingerprint density at radius 2 is 1.94 bits per heavy atom. The highest BCUT2D eigenvalue weighted by molar-refractivity contribution is 5.42.